The first kappa shape index (κ1) is 13.9. The molecule has 0 spiro atoms. The van der Waals surface area contributed by atoms with Crippen LogP contribution in [0.1, 0.15) is 12.5 Å². The third kappa shape index (κ3) is 3.29. The number of anilines is 1. The number of hydrogen-bond donors (Lipinski definition) is 3. The number of phenols is 1. The predicted octanol–water partition coefficient (Wildman–Crippen LogP) is 2.89. The zero-order chi connectivity index (χ0) is 14.6. The van der Waals surface area contributed by atoms with E-state index in [-0.39, 0.29) is 5.75 Å². The molecule has 104 valence electrons. The van der Waals surface area contributed by atoms with Crippen molar-refractivity contribution in [2.75, 3.05) is 5.32 Å². The van der Waals surface area contributed by atoms with Gasteiger partial charge in [-0.25, -0.2) is 4.79 Å². The topological polar surface area (TPSA) is 69.6 Å². The number of phenolic OH excluding ortho intramolecular Hbond substituents is 1. The second-order valence-corrected chi connectivity index (χ2v) is 4.97. The zero-order valence-corrected chi connectivity index (χ0v) is 11.2. The van der Waals surface area contributed by atoms with E-state index in [4.69, 9.17) is 0 Å². The van der Waals surface area contributed by atoms with Crippen molar-refractivity contribution in [1.29, 1.82) is 0 Å². The standard InChI is InChI=1S/C16H17NO3/c1-16(15(19)20,17-13-5-3-2-4-6-13)11-12-7-9-14(18)10-8-12/h2-10,17-18H,11H2,1H3,(H,19,20)/t16-/m0/s1. The van der Waals surface area contributed by atoms with E-state index in [1.54, 1.807) is 31.2 Å². The Labute approximate surface area is 117 Å². The van der Waals surface area contributed by atoms with E-state index in [2.05, 4.69) is 5.32 Å². The zero-order valence-electron chi connectivity index (χ0n) is 11.2. The minimum Gasteiger partial charge on any atom is -0.508 e. The van der Waals surface area contributed by atoms with Gasteiger partial charge in [-0.1, -0.05) is 30.3 Å². The van der Waals surface area contributed by atoms with Crippen molar-refractivity contribution in [3.05, 3.63) is 60.2 Å². The number of carbonyl (C=O) groups is 1. The quantitative estimate of drug-likeness (QED) is 0.782. The molecule has 0 amide bonds. The third-order valence-corrected chi connectivity index (χ3v) is 3.16. The maximum Gasteiger partial charge on any atom is 0.329 e. The molecule has 2 aromatic rings. The number of aliphatic carboxylic acids is 1. The molecule has 0 fully saturated rings. The Bertz CT molecular complexity index is 580. The van der Waals surface area contributed by atoms with Gasteiger partial charge < -0.3 is 15.5 Å². The van der Waals surface area contributed by atoms with Crippen molar-refractivity contribution in [3.8, 4) is 5.75 Å². The van der Waals surface area contributed by atoms with Gasteiger partial charge in [0.2, 0.25) is 0 Å². The van der Waals surface area contributed by atoms with Crippen LogP contribution in [0.25, 0.3) is 0 Å². The molecule has 0 aliphatic carbocycles. The molecule has 0 aliphatic rings. The van der Waals surface area contributed by atoms with E-state index >= 15 is 0 Å². The van der Waals surface area contributed by atoms with Crippen LogP contribution in [0.3, 0.4) is 0 Å². The normalized spacial score (nSPS) is 13.4. The van der Waals surface area contributed by atoms with Gasteiger partial charge >= 0.3 is 5.97 Å². The van der Waals surface area contributed by atoms with Crippen molar-refractivity contribution in [2.24, 2.45) is 0 Å². The smallest absolute Gasteiger partial charge is 0.329 e. The molecule has 0 saturated carbocycles. The number of carboxylic acid groups (broad SMARTS) is 1. The summed E-state index contributed by atoms with van der Waals surface area (Å²) in [5, 5.41) is 21.8. The van der Waals surface area contributed by atoms with Gasteiger partial charge in [0.1, 0.15) is 11.3 Å². The molecule has 0 aliphatic heterocycles. The Kier molecular flexibility index (Phi) is 3.94. The van der Waals surface area contributed by atoms with Crippen LogP contribution in [-0.2, 0) is 11.2 Å². The molecule has 2 aromatic carbocycles. The average molecular weight is 271 g/mol. The Morgan fingerprint density at radius 2 is 1.70 bits per heavy atom. The summed E-state index contributed by atoms with van der Waals surface area (Å²) in [7, 11) is 0. The number of carboxylic acids is 1. The van der Waals surface area contributed by atoms with E-state index in [1.165, 1.54) is 0 Å². The molecular weight excluding hydrogens is 254 g/mol. The number of hydrogen-bond acceptors (Lipinski definition) is 3. The summed E-state index contributed by atoms with van der Waals surface area (Å²) in [5.41, 5.74) is 0.491. The molecule has 0 bridgehead atoms. The van der Waals surface area contributed by atoms with Gasteiger partial charge in [-0.05, 0) is 36.8 Å². The summed E-state index contributed by atoms with van der Waals surface area (Å²) in [4.78, 5) is 11.6. The molecule has 0 heterocycles. The van der Waals surface area contributed by atoms with Crippen molar-refractivity contribution >= 4 is 11.7 Å². The van der Waals surface area contributed by atoms with Gasteiger partial charge in [0.05, 0.1) is 0 Å². The molecule has 20 heavy (non-hydrogen) atoms. The molecular formula is C16H17NO3. The van der Waals surface area contributed by atoms with E-state index in [0.29, 0.717) is 6.42 Å². The molecule has 0 saturated heterocycles. The van der Waals surface area contributed by atoms with Gasteiger partial charge in [-0.2, -0.15) is 0 Å². The lowest BCUT2D eigenvalue weighted by molar-refractivity contribution is -0.141. The number of para-hydroxylation sites is 1. The van der Waals surface area contributed by atoms with Gasteiger partial charge in [0, 0.05) is 12.1 Å². The SMILES string of the molecule is C[C@@](Cc1ccc(O)cc1)(Nc1ccccc1)C(=O)O. The minimum absolute atomic E-state index is 0.168. The molecule has 0 unspecified atom stereocenters. The fourth-order valence-corrected chi connectivity index (χ4v) is 2.04. The van der Waals surface area contributed by atoms with Crippen LogP contribution >= 0.6 is 0 Å². The van der Waals surface area contributed by atoms with Crippen LogP contribution in [0.2, 0.25) is 0 Å². The van der Waals surface area contributed by atoms with Gasteiger partial charge in [-0.15, -0.1) is 0 Å². The van der Waals surface area contributed by atoms with Crippen molar-refractivity contribution in [3.63, 3.8) is 0 Å². The predicted molar refractivity (Wildman–Crippen MR) is 77.9 cm³/mol. The van der Waals surface area contributed by atoms with Gasteiger partial charge in [0.15, 0.2) is 0 Å². The minimum atomic E-state index is -1.11. The highest BCUT2D eigenvalue weighted by atomic mass is 16.4. The van der Waals surface area contributed by atoms with E-state index < -0.39 is 11.5 Å². The number of benzene rings is 2. The molecule has 2 rings (SSSR count). The van der Waals surface area contributed by atoms with Crippen molar-refractivity contribution in [1.82, 2.24) is 0 Å². The number of nitrogens with one attached hydrogen (secondary N) is 1. The van der Waals surface area contributed by atoms with Crippen molar-refractivity contribution in [2.45, 2.75) is 18.9 Å². The highest BCUT2D eigenvalue weighted by Crippen LogP contribution is 2.21. The van der Waals surface area contributed by atoms with Gasteiger partial charge in [-0.3, -0.25) is 0 Å². The number of rotatable bonds is 5. The molecule has 4 heteroatoms. The Morgan fingerprint density at radius 1 is 1.10 bits per heavy atom. The second-order valence-electron chi connectivity index (χ2n) is 4.97. The van der Waals surface area contributed by atoms with Crippen LogP contribution in [-0.4, -0.2) is 21.7 Å². The van der Waals surface area contributed by atoms with Crippen LogP contribution in [0.5, 0.6) is 5.75 Å². The average Bonchev–Trinajstić information content (AvgIpc) is 2.42. The van der Waals surface area contributed by atoms with E-state index in [9.17, 15) is 15.0 Å². The highest BCUT2D eigenvalue weighted by molar-refractivity contribution is 5.82. The molecule has 0 aromatic heterocycles. The maximum absolute atomic E-state index is 11.6. The molecule has 4 nitrogen and oxygen atoms in total. The fourth-order valence-electron chi connectivity index (χ4n) is 2.04. The Morgan fingerprint density at radius 3 is 2.25 bits per heavy atom. The van der Waals surface area contributed by atoms with Crippen LogP contribution in [0.15, 0.2) is 54.6 Å². The van der Waals surface area contributed by atoms with Crippen LogP contribution in [0.4, 0.5) is 5.69 Å². The summed E-state index contributed by atoms with van der Waals surface area (Å²) < 4.78 is 0. The first-order valence-electron chi connectivity index (χ1n) is 6.34. The lowest BCUT2D eigenvalue weighted by Gasteiger charge is -2.27. The fraction of sp³-hybridized carbons (Fsp3) is 0.188. The summed E-state index contributed by atoms with van der Waals surface area (Å²) in [6, 6.07) is 15.8. The molecule has 1 atom stereocenters. The Hall–Kier alpha value is -2.49. The van der Waals surface area contributed by atoms with Gasteiger partial charge in [0.25, 0.3) is 0 Å². The van der Waals surface area contributed by atoms with Crippen LogP contribution in [0, 0.1) is 0 Å². The summed E-state index contributed by atoms with van der Waals surface area (Å²) in [6.07, 6.45) is 0.317. The third-order valence-electron chi connectivity index (χ3n) is 3.16. The molecule has 3 N–H and O–H groups in total. The number of aromatic hydroxyl groups is 1. The lowest BCUT2D eigenvalue weighted by atomic mass is 9.92. The first-order valence-corrected chi connectivity index (χ1v) is 6.34. The van der Waals surface area contributed by atoms with E-state index in [1.807, 2.05) is 30.3 Å². The lowest BCUT2D eigenvalue weighted by Crippen LogP contribution is -2.45. The summed E-state index contributed by atoms with van der Waals surface area (Å²) in [6.45, 7) is 1.65. The van der Waals surface area contributed by atoms with E-state index in [0.717, 1.165) is 11.3 Å². The largest absolute Gasteiger partial charge is 0.508 e. The second kappa shape index (κ2) is 5.65. The van der Waals surface area contributed by atoms with Crippen molar-refractivity contribution < 1.29 is 15.0 Å². The maximum atomic E-state index is 11.6. The highest BCUT2D eigenvalue weighted by Gasteiger charge is 2.33. The van der Waals surface area contributed by atoms with Crippen LogP contribution < -0.4 is 5.32 Å². The monoisotopic (exact) mass is 271 g/mol. The first-order chi connectivity index (χ1) is 9.49. The molecule has 0 radical (unpaired) electrons. The Balaban J connectivity index is 2.21. The summed E-state index contributed by atoms with van der Waals surface area (Å²) >= 11 is 0. The summed E-state index contributed by atoms with van der Waals surface area (Å²) in [5.74, 6) is -0.753.